The summed E-state index contributed by atoms with van der Waals surface area (Å²) in [5.74, 6) is 0.0957. The zero-order chi connectivity index (χ0) is 22.1. The monoisotopic (exact) mass is 451 g/mol. The molecule has 2 N–H and O–H groups in total. The van der Waals surface area contributed by atoms with E-state index in [1.807, 2.05) is 0 Å². The molecular formula is C18H29NO8S2. The number of sulfonamides is 1. The van der Waals surface area contributed by atoms with Crippen LogP contribution in [0.1, 0.15) is 13.8 Å². The minimum atomic E-state index is -4.00. The lowest BCUT2D eigenvalue weighted by molar-refractivity contribution is -0.143. The van der Waals surface area contributed by atoms with E-state index in [4.69, 9.17) is 18.9 Å². The number of carbonyl (C=O) groups is 1. The first-order valence-corrected chi connectivity index (χ1v) is 11.2. The van der Waals surface area contributed by atoms with Gasteiger partial charge >= 0.3 is 5.97 Å². The topological polar surface area (TPSA) is 120 Å². The van der Waals surface area contributed by atoms with Gasteiger partial charge in [-0.1, -0.05) is 0 Å². The van der Waals surface area contributed by atoms with E-state index >= 15 is 0 Å². The molecule has 0 heterocycles. The first-order chi connectivity index (χ1) is 13.6. The van der Waals surface area contributed by atoms with Gasteiger partial charge in [-0.2, -0.15) is 16.5 Å². The molecule has 0 spiro atoms. The molecule has 0 aliphatic heterocycles. The molecule has 0 unspecified atom stereocenters. The molecule has 166 valence electrons. The van der Waals surface area contributed by atoms with Gasteiger partial charge in [0.15, 0.2) is 0 Å². The van der Waals surface area contributed by atoms with Gasteiger partial charge in [-0.25, -0.2) is 8.42 Å². The number of hydrogen-bond acceptors (Lipinski definition) is 9. The number of nitrogens with one attached hydrogen (secondary N) is 1. The zero-order valence-electron chi connectivity index (χ0n) is 17.2. The van der Waals surface area contributed by atoms with Gasteiger partial charge in [0.2, 0.25) is 10.0 Å². The molecule has 0 saturated carbocycles. The highest BCUT2D eigenvalue weighted by Gasteiger charge is 2.40. The van der Waals surface area contributed by atoms with Crippen LogP contribution in [-0.4, -0.2) is 76.9 Å². The molecule has 0 amide bonds. The minimum absolute atomic E-state index is 0.00957. The third kappa shape index (κ3) is 7.76. The molecule has 0 fully saturated rings. The van der Waals surface area contributed by atoms with Crippen LogP contribution >= 0.6 is 11.8 Å². The van der Waals surface area contributed by atoms with Crippen LogP contribution in [0.15, 0.2) is 29.2 Å². The number of aliphatic hydroxyl groups excluding tert-OH is 1. The normalized spacial score (nSPS) is 14.3. The second-order valence-electron chi connectivity index (χ2n) is 6.55. The predicted molar refractivity (Wildman–Crippen MR) is 109 cm³/mol. The Morgan fingerprint density at radius 3 is 2.31 bits per heavy atom. The molecular weight excluding hydrogens is 422 g/mol. The quantitative estimate of drug-likeness (QED) is 0.334. The zero-order valence-corrected chi connectivity index (χ0v) is 18.8. The van der Waals surface area contributed by atoms with Gasteiger partial charge in [0.05, 0.1) is 31.8 Å². The third-order valence-electron chi connectivity index (χ3n) is 4.04. The highest BCUT2D eigenvalue weighted by molar-refractivity contribution is 8.00. The van der Waals surface area contributed by atoms with Crippen molar-refractivity contribution in [3.63, 3.8) is 0 Å². The lowest BCUT2D eigenvalue weighted by Gasteiger charge is -2.33. The van der Waals surface area contributed by atoms with Gasteiger partial charge in [-0.3, -0.25) is 4.79 Å². The number of thioether (sulfide) groups is 1. The summed E-state index contributed by atoms with van der Waals surface area (Å²) >= 11 is 1.27. The first-order valence-electron chi connectivity index (χ1n) is 8.70. The van der Waals surface area contributed by atoms with Gasteiger partial charge < -0.3 is 24.1 Å². The molecule has 0 saturated heterocycles. The summed E-state index contributed by atoms with van der Waals surface area (Å²) in [5.41, 5.74) is 0. The van der Waals surface area contributed by atoms with Gasteiger partial charge in [-0.15, -0.1) is 0 Å². The molecule has 2 atom stereocenters. The van der Waals surface area contributed by atoms with E-state index in [2.05, 4.69) is 4.72 Å². The number of carbonyl (C=O) groups excluding carboxylic acids is 1. The van der Waals surface area contributed by atoms with E-state index in [-0.39, 0.29) is 18.3 Å². The van der Waals surface area contributed by atoms with Crippen molar-refractivity contribution >= 4 is 27.8 Å². The second-order valence-corrected chi connectivity index (χ2v) is 9.93. The van der Waals surface area contributed by atoms with E-state index in [0.717, 1.165) is 0 Å². The fourth-order valence-corrected chi connectivity index (χ4v) is 4.82. The second kappa shape index (κ2) is 11.7. The number of benzene rings is 1. The maximum absolute atomic E-state index is 12.8. The molecule has 1 aromatic carbocycles. The van der Waals surface area contributed by atoms with Crippen LogP contribution in [0.25, 0.3) is 0 Å². The number of methoxy groups -OCH3 is 3. The SMILES string of the molecule is COCO[C@H](CO)CSC(C)(C)[C@@H](NS(=O)(=O)c1ccc(OC)cc1)C(=O)OC. The van der Waals surface area contributed by atoms with Crippen LogP contribution in [0.4, 0.5) is 0 Å². The van der Waals surface area contributed by atoms with Crippen molar-refractivity contribution in [3.8, 4) is 5.75 Å². The van der Waals surface area contributed by atoms with Crippen molar-refractivity contribution in [2.24, 2.45) is 0 Å². The number of esters is 1. The fraction of sp³-hybridized carbons (Fsp3) is 0.611. The summed E-state index contributed by atoms with van der Waals surface area (Å²) in [6.45, 7) is 3.19. The van der Waals surface area contributed by atoms with E-state index in [1.54, 1.807) is 13.8 Å². The molecule has 0 aliphatic rings. The van der Waals surface area contributed by atoms with Crippen molar-refractivity contribution in [1.82, 2.24) is 4.72 Å². The van der Waals surface area contributed by atoms with Crippen LogP contribution in [-0.2, 0) is 29.0 Å². The van der Waals surface area contributed by atoms with Gasteiger partial charge in [0.1, 0.15) is 18.6 Å². The Morgan fingerprint density at radius 2 is 1.83 bits per heavy atom. The van der Waals surface area contributed by atoms with Crippen molar-refractivity contribution < 1.29 is 37.3 Å². The first kappa shape index (κ1) is 25.7. The fourth-order valence-electron chi connectivity index (χ4n) is 2.28. The minimum Gasteiger partial charge on any atom is -0.497 e. The molecule has 11 heteroatoms. The Labute approximate surface area is 176 Å². The summed E-state index contributed by atoms with van der Waals surface area (Å²) < 4.78 is 47.1. The summed E-state index contributed by atoms with van der Waals surface area (Å²) in [6, 6.07) is 4.62. The number of aliphatic hydroxyl groups is 1. The van der Waals surface area contributed by atoms with E-state index < -0.39 is 32.9 Å². The standard InChI is InChI=1S/C18H29NO8S2/c1-18(2,28-11-14(10-20)27-12-24-3)16(17(21)26-5)19-29(22,23)15-8-6-13(25-4)7-9-15/h6-9,14,16,19-20H,10-12H2,1-5H3/t14-,16+/m1/s1. The smallest absolute Gasteiger partial charge is 0.325 e. The van der Waals surface area contributed by atoms with E-state index in [0.29, 0.717) is 11.5 Å². The highest BCUT2D eigenvalue weighted by Crippen LogP contribution is 2.31. The largest absolute Gasteiger partial charge is 0.497 e. The summed E-state index contributed by atoms with van der Waals surface area (Å²) in [7, 11) is 0.131. The lowest BCUT2D eigenvalue weighted by Crippen LogP contribution is -2.53. The van der Waals surface area contributed by atoms with Crippen molar-refractivity contribution in [2.45, 2.75) is 35.6 Å². The number of rotatable bonds is 13. The summed E-state index contributed by atoms with van der Waals surface area (Å²) in [4.78, 5) is 12.4. The molecule has 0 aromatic heterocycles. The Bertz CT molecular complexity index is 737. The van der Waals surface area contributed by atoms with Crippen LogP contribution in [0, 0.1) is 0 Å². The van der Waals surface area contributed by atoms with E-state index in [9.17, 15) is 18.3 Å². The Morgan fingerprint density at radius 1 is 1.21 bits per heavy atom. The Hall–Kier alpha value is -1.37. The van der Waals surface area contributed by atoms with Gasteiger partial charge in [0, 0.05) is 17.6 Å². The van der Waals surface area contributed by atoms with Crippen LogP contribution in [0.5, 0.6) is 5.75 Å². The average Bonchev–Trinajstić information content (AvgIpc) is 2.71. The molecule has 29 heavy (non-hydrogen) atoms. The molecule has 9 nitrogen and oxygen atoms in total. The average molecular weight is 452 g/mol. The van der Waals surface area contributed by atoms with Crippen LogP contribution in [0.3, 0.4) is 0 Å². The third-order valence-corrected chi connectivity index (χ3v) is 7.00. The maximum Gasteiger partial charge on any atom is 0.325 e. The van der Waals surface area contributed by atoms with Crippen molar-refractivity contribution in [1.29, 1.82) is 0 Å². The molecule has 1 rings (SSSR count). The molecule has 1 aromatic rings. The Kier molecular flexibility index (Phi) is 10.4. The van der Waals surface area contributed by atoms with Crippen LogP contribution in [0.2, 0.25) is 0 Å². The van der Waals surface area contributed by atoms with Crippen molar-refractivity contribution in [3.05, 3.63) is 24.3 Å². The molecule has 0 aliphatic carbocycles. The predicted octanol–water partition coefficient (Wildman–Crippen LogP) is 1.01. The van der Waals surface area contributed by atoms with Crippen LogP contribution < -0.4 is 9.46 Å². The Balaban J connectivity index is 3.00. The molecule has 0 radical (unpaired) electrons. The number of hydrogen-bond donors (Lipinski definition) is 2. The number of ether oxygens (including phenoxy) is 4. The van der Waals surface area contributed by atoms with E-state index in [1.165, 1.54) is 57.4 Å². The summed E-state index contributed by atoms with van der Waals surface area (Å²) in [6.07, 6.45) is -0.532. The lowest BCUT2D eigenvalue weighted by atomic mass is 10.0. The van der Waals surface area contributed by atoms with Gasteiger partial charge in [-0.05, 0) is 38.1 Å². The maximum atomic E-state index is 12.8. The molecule has 0 bridgehead atoms. The summed E-state index contributed by atoms with van der Waals surface area (Å²) in [5, 5.41) is 9.41. The van der Waals surface area contributed by atoms with Crippen molar-refractivity contribution in [2.75, 3.05) is 40.5 Å². The van der Waals surface area contributed by atoms with Gasteiger partial charge in [0.25, 0.3) is 0 Å². The highest BCUT2D eigenvalue weighted by atomic mass is 32.2.